The second kappa shape index (κ2) is 8.91. The Kier molecular flexibility index (Phi) is 6.32. The number of nitrogens with zero attached hydrogens (tertiary/aromatic N) is 4. The number of alkyl halides is 3. The predicted octanol–water partition coefficient (Wildman–Crippen LogP) is 3.89. The van der Waals surface area contributed by atoms with Crippen molar-refractivity contribution in [3.63, 3.8) is 0 Å². The van der Waals surface area contributed by atoms with Crippen molar-refractivity contribution in [2.24, 2.45) is 12.1 Å². The van der Waals surface area contributed by atoms with E-state index in [-0.39, 0.29) is 0 Å². The van der Waals surface area contributed by atoms with Gasteiger partial charge < -0.3 is 4.57 Å². The van der Waals surface area contributed by atoms with Crippen LogP contribution in [0.25, 0.3) is 0 Å². The van der Waals surface area contributed by atoms with Gasteiger partial charge in [-0.25, -0.2) is 5.43 Å². The molecule has 0 radical (unpaired) electrons. The molecule has 0 bridgehead atoms. The van der Waals surface area contributed by atoms with Gasteiger partial charge in [-0.2, -0.15) is 18.3 Å². The number of benzene rings is 2. The molecule has 1 N–H and O–H groups in total. The Morgan fingerprint density at radius 3 is 2.45 bits per heavy atom. The molecule has 1 heterocycles. The molecule has 0 saturated heterocycles. The smallest absolute Gasteiger partial charge is 0.312 e. The minimum Gasteiger partial charge on any atom is -0.312 e. The van der Waals surface area contributed by atoms with Crippen molar-refractivity contribution in [1.82, 2.24) is 20.2 Å². The number of aryl methyl sites for hydroxylation is 1. The Balaban J connectivity index is 1.52. The quantitative estimate of drug-likeness (QED) is 0.374. The molecule has 6 nitrogen and oxygen atoms in total. The molecule has 0 unspecified atom stereocenters. The lowest BCUT2D eigenvalue weighted by atomic mass is 10.1. The van der Waals surface area contributed by atoms with Gasteiger partial charge in [-0.15, -0.1) is 10.2 Å². The molecule has 150 valence electrons. The molecule has 2 aromatic carbocycles. The third-order valence-electron chi connectivity index (χ3n) is 3.87. The lowest BCUT2D eigenvalue weighted by Gasteiger charge is -2.06. The highest BCUT2D eigenvalue weighted by Gasteiger charge is 2.29. The number of nitrogens with one attached hydrogen (secondary N) is 1. The van der Waals surface area contributed by atoms with Crippen molar-refractivity contribution >= 4 is 23.9 Å². The molecule has 0 saturated carbocycles. The summed E-state index contributed by atoms with van der Waals surface area (Å²) in [7, 11) is 1.86. The van der Waals surface area contributed by atoms with E-state index in [9.17, 15) is 18.0 Å². The van der Waals surface area contributed by atoms with Gasteiger partial charge in [0.1, 0.15) is 6.33 Å². The van der Waals surface area contributed by atoms with Crippen LogP contribution >= 0.6 is 11.8 Å². The largest absolute Gasteiger partial charge is 0.416 e. The summed E-state index contributed by atoms with van der Waals surface area (Å²) in [5.74, 6) is 0.265. The zero-order chi connectivity index (χ0) is 20.9. The van der Waals surface area contributed by atoms with E-state index in [0.717, 1.165) is 22.9 Å². The highest BCUT2D eigenvalue weighted by atomic mass is 32.2. The average molecular weight is 419 g/mol. The molecular weight excluding hydrogens is 403 g/mol. The van der Waals surface area contributed by atoms with Gasteiger partial charge in [-0.3, -0.25) is 4.79 Å². The third kappa shape index (κ3) is 5.67. The number of hydrazone groups is 1. The summed E-state index contributed by atoms with van der Waals surface area (Å²) in [6, 6.07) is 11.5. The highest BCUT2D eigenvalue weighted by molar-refractivity contribution is 7.98. The van der Waals surface area contributed by atoms with Crippen LogP contribution in [0.4, 0.5) is 13.2 Å². The van der Waals surface area contributed by atoms with Gasteiger partial charge in [0.15, 0.2) is 5.16 Å². The molecular formula is C19H16F3N5OS. The highest BCUT2D eigenvalue weighted by Crippen LogP contribution is 2.28. The zero-order valence-electron chi connectivity index (χ0n) is 15.2. The van der Waals surface area contributed by atoms with E-state index in [1.165, 1.54) is 30.1 Å². The molecule has 29 heavy (non-hydrogen) atoms. The first kappa shape index (κ1) is 20.6. The van der Waals surface area contributed by atoms with Crippen molar-refractivity contribution in [1.29, 1.82) is 0 Å². The Hall–Kier alpha value is -3.14. The molecule has 0 aliphatic rings. The number of rotatable bonds is 6. The molecule has 0 aliphatic heterocycles. The molecule has 3 rings (SSSR count). The monoisotopic (exact) mass is 419 g/mol. The first-order valence-electron chi connectivity index (χ1n) is 8.39. The fourth-order valence-electron chi connectivity index (χ4n) is 2.29. The first-order valence-corrected chi connectivity index (χ1v) is 9.38. The summed E-state index contributed by atoms with van der Waals surface area (Å²) in [5.41, 5.74) is 3.49. The van der Waals surface area contributed by atoms with Crippen molar-refractivity contribution in [2.45, 2.75) is 17.1 Å². The van der Waals surface area contributed by atoms with Crippen LogP contribution in [0.3, 0.4) is 0 Å². The molecule has 10 heteroatoms. The predicted molar refractivity (Wildman–Crippen MR) is 104 cm³/mol. The van der Waals surface area contributed by atoms with Crippen molar-refractivity contribution in [3.8, 4) is 0 Å². The normalized spacial score (nSPS) is 11.7. The van der Waals surface area contributed by atoms with Gasteiger partial charge >= 0.3 is 6.18 Å². The standard InChI is InChI=1S/C19H16F3N5OS/c1-27-12-24-26-18(27)29-11-14-2-6-15(7-3-14)17(28)25-23-10-13-4-8-16(9-5-13)19(20,21)22/h2-10,12H,11H2,1H3,(H,25,28)/b23-10+. The van der Waals surface area contributed by atoms with Crippen molar-refractivity contribution in [2.75, 3.05) is 0 Å². The Labute approximate surface area is 168 Å². The number of thioether (sulfide) groups is 1. The van der Waals surface area contributed by atoms with E-state index in [1.807, 2.05) is 23.7 Å². The minimum absolute atomic E-state index is 0.416. The number of hydrogen-bond acceptors (Lipinski definition) is 5. The van der Waals surface area contributed by atoms with Crippen LogP contribution in [0.1, 0.15) is 27.0 Å². The Bertz CT molecular complexity index is 998. The van der Waals surface area contributed by atoms with Crippen LogP contribution in [0.2, 0.25) is 0 Å². The summed E-state index contributed by atoms with van der Waals surface area (Å²) in [4.78, 5) is 12.1. The summed E-state index contributed by atoms with van der Waals surface area (Å²) in [6.07, 6.45) is -1.48. The van der Waals surface area contributed by atoms with Gasteiger partial charge in [0.05, 0.1) is 11.8 Å². The molecule has 1 aromatic heterocycles. The minimum atomic E-state index is -4.39. The number of aromatic nitrogens is 3. The summed E-state index contributed by atoms with van der Waals surface area (Å²) in [6.45, 7) is 0. The fourth-order valence-corrected chi connectivity index (χ4v) is 3.14. The fraction of sp³-hybridized carbons (Fsp3) is 0.158. The number of carbonyl (C=O) groups is 1. The van der Waals surface area contributed by atoms with Gasteiger partial charge in [-0.05, 0) is 35.4 Å². The van der Waals surface area contributed by atoms with Crippen LogP contribution in [0, 0.1) is 0 Å². The van der Waals surface area contributed by atoms with E-state index in [1.54, 1.807) is 18.5 Å². The number of amides is 1. The van der Waals surface area contributed by atoms with E-state index >= 15 is 0 Å². The van der Waals surface area contributed by atoms with Gasteiger partial charge in [0.25, 0.3) is 5.91 Å². The lowest BCUT2D eigenvalue weighted by Crippen LogP contribution is -2.17. The number of carbonyl (C=O) groups excluding carboxylic acids is 1. The second-order valence-corrected chi connectivity index (χ2v) is 6.97. The Morgan fingerprint density at radius 2 is 1.86 bits per heavy atom. The van der Waals surface area contributed by atoms with E-state index in [4.69, 9.17) is 0 Å². The van der Waals surface area contributed by atoms with Gasteiger partial charge in [0.2, 0.25) is 0 Å². The topological polar surface area (TPSA) is 72.2 Å². The van der Waals surface area contributed by atoms with Gasteiger partial charge in [0, 0.05) is 18.4 Å². The molecule has 1 amide bonds. The average Bonchev–Trinajstić information content (AvgIpc) is 3.11. The van der Waals surface area contributed by atoms with Gasteiger partial charge in [-0.1, -0.05) is 36.0 Å². The van der Waals surface area contributed by atoms with E-state index in [0.29, 0.717) is 16.9 Å². The molecule has 0 spiro atoms. The lowest BCUT2D eigenvalue weighted by molar-refractivity contribution is -0.137. The molecule has 3 aromatic rings. The van der Waals surface area contributed by atoms with Crippen LogP contribution in [0.5, 0.6) is 0 Å². The SMILES string of the molecule is Cn1cnnc1SCc1ccc(C(=O)N/N=C/c2ccc(C(F)(F)F)cc2)cc1. The number of hydrogen-bond donors (Lipinski definition) is 1. The van der Waals surface area contributed by atoms with Crippen molar-refractivity contribution in [3.05, 3.63) is 77.1 Å². The maximum atomic E-state index is 12.5. The van der Waals surface area contributed by atoms with Crippen LogP contribution < -0.4 is 5.43 Å². The summed E-state index contributed by atoms with van der Waals surface area (Å²) >= 11 is 1.53. The maximum Gasteiger partial charge on any atom is 0.416 e. The van der Waals surface area contributed by atoms with Crippen LogP contribution in [-0.2, 0) is 19.0 Å². The molecule has 0 aliphatic carbocycles. The summed E-state index contributed by atoms with van der Waals surface area (Å²) in [5, 5.41) is 12.4. The maximum absolute atomic E-state index is 12.5. The second-order valence-electron chi connectivity index (χ2n) is 6.03. The summed E-state index contributed by atoms with van der Waals surface area (Å²) < 4.78 is 39.4. The van der Waals surface area contributed by atoms with Crippen LogP contribution in [-0.4, -0.2) is 26.9 Å². The van der Waals surface area contributed by atoms with Crippen LogP contribution in [0.15, 0.2) is 65.1 Å². The first-order chi connectivity index (χ1) is 13.8. The third-order valence-corrected chi connectivity index (χ3v) is 4.98. The van der Waals surface area contributed by atoms with E-state index in [2.05, 4.69) is 20.7 Å². The zero-order valence-corrected chi connectivity index (χ0v) is 16.0. The number of halogens is 3. The van der Waals surface area contributed by atoms with Crippen molar-refractivity contribution < 1.29 is 18.0 Å². The molecule has 0 atom stereocenters. The molecule has 0 fully saturated rings. The van der Waals surface area contributed by atoms with E-state index < -0.39 is 17.6 Å². The Morgan fingerprint density at radius 1 is 1.17 bits per heavy atom.